The Morgan fingerprint density at radius 2 is 2.07 bits per heavy atom. The van der Waals surface area contributed by atoms with Gasteiger partial charge in [0.25, 0.3) is 5.91 Å². The average Bonchev–Trinajstić information content (AvgIpc) is 3.20. The van der Waals surface area contributed by atoms with E-state index in [1.54, 1.807) is 0 Å². The van der Waals surface area contributed by atoms with E-state index < -0.39 is 5.91 Å². The van der Waals surface area contributed by atoms with E-state index in [-0.39, 0.29) is 18.1 Å². The van der Waals surface area contributed by atoms with Crippen molar-refractivity contribution in [1.29, 1.82) is 0 Å². The number of nitrogens with one attached hydrogen (secondary N) is 1. The van der Waals surface area contributed by atoms with Gasteiger partial charge in [-0.2, -0.15) is 0 Å². The molecular formula is C19H18N6O2. The monoisotopic (exact) mass is 362 g/mol. The topological polar surface area (TPSA) is 109 Å². The van der Waals surface area contributed by atoms with Gasteiger partial charge in [-0.15, -0.1) is 15.3 Å². The van der Waals surface area contributed by atoms with Crippen LogP contribution in [-0.2, 0) is 11.3 Å². The minimum absolute atomic E-state index is 0.0790. The summed E-state index contributed by atoms with van der Waals surface area (Å²) in [6.07, 6.45) is 0. The molecular weight excluding hydrogens is 344 g/mol. The molecule has 0 spiro atoms. The average molecular weight is 362 g/mol. The van der Waals surface area contributed by atoms with Crippen molar-refractivity contribution < 1.29 is 9.90 Å². The highest BCUT2D eigenvalue weighted by molar-refractivity contribution is 5.95. The summed E-state index contributed by atoms with van der Waals surface area (Å²) in [6, 6.07) is 13.2. The quantitative estimate of drug-likeness (QED) is 0.534. The molecule has 0 bridgehead atoms. The lowest BCUT2D eigenvalue weighted by Gasteiger charge is -2.04. The second kappa shape index (κ2) is 6.64. The van der Waals surface area contributed by atoms with Crippen molar-refractivity contribution in [2.24, 2.45) is 10.2 Å². The fourth-order valence-corrected chi connectivity index (χ4v) is 2.94. The third-order valence-corrected chi connectivity index (χ3v) is 4.41. The number of benzene rings is 2. The number of fused-ring (bicyclic) bond motifs is 2. The van der Waals surface area contributed by atoms with Crippen LogP contribution in [0.1, 0.15) is 25.3 Å². The first-order valence-corrected chi connectivity index (χ1v) is 8.60. The van der Waals surface area contributed by atoms with Crippen LogP contribution in [0.15, 0.2) is 52.7 Å². The van der Waals surface area contributed by atoms with Gasteiger partial charge in [-0.1, -0.05) is 37.3 Å². The number of aromatic hydroxyl groups is 1. The summed E-state index contributed by atoms with van der Waals surface area (Å²) >= 11 is 0. The molecule has 2 aromatic heterocycles. The number of azo groups is 1. The molecule has 0 fully saturated rings. The summed E-state index contributed by atoms with van der Waals surface area (Å²) in [5.74, 6) is -0.272. The zero-order chi connectivity index (χ0) is 19.0. The van der Waals surface area contributed by atoms with Crippen LogP contribution in [0, 0.1) is 0 Å². The van der Waals surface area contributed by atoms with Gasteiger partial charge in [0.15, 0.2) is 5.69 Å². The molecule has 0 aliphatic heterocycles. The number of carbonyl (C=O) groups is 1. The highest BCUT2D eigenvalue weighted by atomic mass is 16.3. The van der Waals surface area contributed by atoms with Gasteiger partial charge in [0.2, 0.25) is 5.88 Å². The maximum absolute atomic E-state index is 12.2. The third kappa shape index (κ3) is 3.17. The summed E-state index contributed by atoms with van der Waals surface area (Å²) in [6.45, 7) is 4.09. The van der Waals surface area contributed by atoms with Crippen LogP contribution >= 0.6 is 0 Å². The van der Waals surface area contributed by atoms with Crippen molar-refractivity contribution in [2.45, 2.75) is 26.3 Å². The molecule has 4 aromatic rings. The van der Waals surface area contributed by atoms with Crippen LogP contribution in [0.4, 0.5) is 5.69 Å². The lowest BCUT2D eigenvalue weighted by atomic mass is 10.0. The first kappa shape index (κ1) is 16.9. The van der Waals surface area contributed by atoms with Gasteiger partial charge in [-0.05, 0) is 35.7 Å². The Morgan fingerprint density at radius 1 is 1.26 bits per heavy atom. The van der Waals surface area contributed by atoms with Crippen LogP contribution < -0.4 is 0 Å². The van der Waals surface area contributed by atoms with E-state index in [0.29, 0.717) is 11.4 Å². The van der Waals surface area contributed by atoms with Crippen molar-refractivity contribution in [3.8, 4) is 5.88 Å². The van der Waals surface area contributed by atoms with E-state index in [0.717, 1.165) is 22.0 Å². The number of H-pyrrole nitrogens is 1. The predicted octanol–water partition coefficient (Wildman–Crippen LogP) is 4.05. The number of amides is 1. The fraction of sp³-hybridized carbons (Fsp3) is 0.211. The molecule has 1 amide bonds. The summed E-state index contributed by atoms with van der Waals surface area (Å²) in [7, 11) is 0. The van der Waals surface area contributed by atoms with Crippen molar-refractivity contribution >= 4 is 33.5 Å². The molecule has 0 atom stereocenters. The normalized spacial score (nSPS) is 12.0. The van der Waals surface area contributed by atoms with Gasteiger partial charge in [0, 0.05) is 5.39 Å². The molecule has 0 aliphatic carbocycles. The SMILES string of the molecule is CC(C)c1ccc2[nH]c(O)c(N=NC(=O)Cn3nnc4ccccc43)c2c1. The zero-order valence-corrected chi connectivity index (χ0v) is 14.9. The molecule has 8 nitrogen and oxygen atoms in total. The van der Waals surface area contributed by atoms with E-state index >= 15 is 0 Å². The molecule has 0 saturated carbocycles. The molecule has 27 heavy (non-hydrogen) atoms. The van der Waals surface area contributed by atoms with Crippen LogP contribution in [0.5, 0.6) is 5.88 Å². The van der Waals surface area contributed by atoms with Crippen LogP contribution in [0.3, 0.4) is 0 Å². The fourth-order valence-electron chi connectivity index (χ4n) is 2.94. The molecule has 136 valence electrons. The predicted molar refractivity (Wildman–Crippen MR) is 101 cm³/mol. The van der Waals surface area contributed by atoms with Crippen molar-refractivity contribution in [3.05, 3.63) is 48.0 Å². The second-order valence-electron chi connectivity index (χ2n) is 6.61. The largest absolute Gasteiger partial charge is 0.493 e. The van der Waals surface area contributed by atoms with E-state index in [9.17, 15) is 9.90 Å². The van der Waals surface area contributed by atoms with Gasteiger partial charge < -0.3 is 10.1 Å². The molecule has 0 aliphatic rings. The second-order valence-corrected chi connectivity index (χ2v) is 6.61. The smallest absolute Gasteiger partial charge is 0.286 e. The number of aromatic nitrogens is 4. The van der Waals surface area contributed by atoms with Crippen LogP contribution in [-0.4, -0.2) is 31.0 Å². The minimum Gasteiger partial charge on any atom is -0.493 e. The number of nitrogens with zero attached hydrogens (tertiary/aromatic N) is 5. The van der Waals surface area contributed by atoms with Gasteiger partial charge in [0.1, 0.15) is 12.1 Å². The molecule has 0 radical (unpaired) electrons. The molecule has 8 heteroatoms. The Balaban J connectivity index is 1.61. The summed E-state index contributed by atoms with van der Waals surface area (Å²) in [4.78, 5) is 15.1. The van der Waals surface area contributed by atoms with E-state index in [4.69, 9.17) is 0 Å². The highest BCUT2D eigenvalue weighted by Gasteiger charge is 2.13. The molecule has 0 unspecified atom stereocenters. The molecule has 2 heterocycles. The van der Waals surface area contributed by atoms with Crippen molar-refractivity contribution in [3.63, 3.8) is 0 Å². The maximum Gasteiger partial charge on any atom is 0.286 e. The summed E-state index contributed by atoms with van der Waals surface area (Å²) in [5.41, 5.74) is 3.55. The maximum atomic E-state index is 12.2. The van der Waals surface area contributed by atoms with Gasteiger partial charge in [0.05, 0.1) is 11.0 Å². The van der Waals surface area contributed by atoms with Crippen molar-refractivity contribution in [1.82, 2.24) is 20.0 Å². The van der Waals surface area contributed by atoms with E-state index in [2.05, 4.69) is 39.4 Å². The number of aromatic amines is 1. The number of para-hydroxylation sites is 1. The van der Waals surface area contributed by atoms with E-state index in [1.807, 2.05) is 42.5 Å². The Kier molecular flexibility index (Phi) is 4.15. The lowest BCUT2D eigenvalue weighted by Crippen LogP contribution is -2.08. The van der Waals surface area contributed by atoms with Crippen LogP contribution in [0.2, 0.25) is 0 Å². The molecule has 2 aromatic carbocycles. The number of hydrogen-bond acceptors (Lipinski definition) is 5. The summed E-state index contributed by atoms with van der Waals surface area (Å²) < 4.78 is 1.47. The standard InChI is InChI=1S/C19H18N6O2/c1-11(2)12-7-8-14-13(9-12)18(19(27)20-14)23-22-17(26)10-25-16-6-4-3-5-15(16)21-24-25/h3-9,11,20,27H,10H2,1-2H3. The van der Waals surface area contributed by atoms with Gasteiger partial charge in [-0.3, -0.25) is 4.79 Å². The first-order chi connectivity index (χ1) is 13.0. The molecule has 4 rings (SSSR count). The van der Waals surface area contributed by atoms with Gasteiger partial charge >= 0.3 is 0 Å². The Bertz CT molecular complexity index is 1170. The zero-order valence-electron chi connectivity index (χ0n) is 14.9. The first-order valence-electron chi connectivity index (χ1n) is 8.60. The van der Waals surface area contributed by atoms with E-state index in [1.165, 1.54) is 4.68 Å². The lowest BCUT2D eigenvalue weighted by molar-refractivity contribution is -0.119. The summed E-state index contributed by atoms with van der Waals surface area (Å²) in [5, 5.41) is 26.6. The number of rotatable bonds is 4. The number of carbonyl (C=O) groups excluding carboxylic acids is 1. The van der Waals surface area contributed by atoms with Gasteiger partial charge in [-0.25, -0.2) is 4.68 Å². The molecule has 0 saturated heterocycles. The molecule has 2 N–H and O–H groups in total. The Morgan fingerprint density at radius 3 is 2.89 bits per heavy atom. The highest BCUT2D eigenvalue weighted by Crippen LogP contribution is 2.37. The Hall–Kier alpha value is -3.55. The Labute approximate surface area is 154 Å². The number of hydrogen-bond donors (Lipinski definition) is 2. The van der Waals surface area contributed by atoms with Crippen molar-refractivity contribution in [2.75, 3.05) is 0 Å². The minimum atomic E-state index is -0.487. The third-order valence-electron chi connectivity index (χ3n) is 4.41. The van der Waals surface area contributed by atoms with Crippen LogP contribution in [0.25, 0.3) is 21.9 Å².